The molecular weight excluding hydrogens is 368 g/mol. The van der Waals surface area contributed by atoms with Crippen molar-refractivity contribution in [3.8, 4) is 5.75 Å². The zero-order valence-corrected chi connectivity index (χ0v) is 17.2. The van der Waals surface area contributed by atoms with Crippen LogP contribution in [0.4, 0.5) is 0 Å². The number of fused-ring (bicyclic) bond motifs is 1. The summed E-state index contributed by atoms with van der Waals surface area (Å²) in [6.07, 6.45) is 2.30. The van der Waals surface area contributed by atoms with E-state index >= 15 is 0 Å². The van der Waals surface area contributed by atoms with Crippen molar-refractivity contribution >= 4 is 28.0 Å². The Morgan fingerprint density at radius 2 is 2.04 bits per heavy atom. The highest BCUT2D eigenvalue weighted by Crippen LogP contribution is 2.34. The van der Waals surface area contributed by atoms with Crippen LogP contribution < -0.4 is 4.74 Å². The summed E-state index contributed by atoms with van der Waals surface area (Å²) >= 11 is 1.79. The number of rotatable bonds is 6. The second-order valence-corrected chi connectivity index (χ2v) is 8.42. The van der Waals surface area contributed by atoms with Crippen molar-refractivity contribution in [1.29, 1.82) is 0 Å². The van der Waals surface area contributed by atoms with Crippen molar-refractivity contribution in [1.82, 2.24) is 9.80 Å². The molecule has 1 amide bonds. The number of hydrogen-bond acceptors (Lipinski definition) is 4. The lowest BCUT2D eigenvalue weighted by Gasteiger charge is -2.26. The summed E-state index contributed by atoms with van der Waals surface area (Å²) in [5.41, 5.74) is 1.14. The summed E-state index contributed by atoms with van der Waals surface area (Å²) in [5, 5.41) is 4.43. The van der Waals surface area contributed by atoms with E-state index in [9.17, 15) is 4.79 Å². The molecule has 1 aromatic heterocycles. The first-order valence-electron chi connectivity index (χ1n) is 9.72. The van der Waals surface area contributed by atoms with Gasteiger partial charge in [0.1, 0.15) is 5.75 Å². The van der Waals surface area contributed by atoms with Crippen molar-refractivity contribution in [3.63, 3.8) is 0 Å². The van der Waals surface area contributed by atoms with E-state index in [1.165, 1.54) is 4.88 Å². The zero-order chi connectivity index (χ0) is 19.5. The molecule has 5 heteroatoms. The highest BCUT2D eigenvalue weighted by molar-refractivity contribution is 7.10. The third kappa shape index (κ3) is 4.05. The number of benzene rings is 2. The summed E-state index contributed by atoms with van der Waals surface area (Å²) in [6.45, 7) is 2.11. The summed E-state index contributed by atoms with van der Waals surface area (Å²) in [5.74, 6) is 1.04. The van der Waals surface area contributed by atoms with Gasteiger partial charge in [-0.05, 0) is 65.4 Å². The Morgan fingerprint density at radius 1 is 1.21 bits per heavy atom. The van der Waals surface area contributed by atoms with Crippen molar-refractivity contribution in [2.45, 2.75) is 25.4 Å². The van der Waals surface area contributed by atoms with Crippen LogP contribution in [-0.2, 0) is 11.3 Å². The van der Waals surface area contributed by atoms with Crippen LogP contribution in [0.3, 0.4) is 0 Å². The number of nitrogens with zero attached hydrogens (tertiary/aromatic N) is 2. The number of likely N-dealkylation sites (N-methyl/N-ethyl adjacent to an activating group) is 1. The maximum absolute atomic E-state index is 12.8. The Labute approximate surface area is 170 Å². The first-order valence-corrected chi connectivity index (χ1v) is 10.6. The van der Waals surface area contributed by atoms with E-state index in [0.717, 1.165) is 41.5 Å². The van der Waals surface area contributed by atoms with E-state index in [0.29, 0.717) is 19.1 Å². The van der Waals surface area contributed by atoms with Crippen LogP contribution in [0, 0.1) is 0 Å². The first-order chi connectivity index (χ1) is 13.6. The Balaban J connectivity index is 1.41. The van der Waals surface area contributed by atoms with Gasteiger partial charge >= 0.3 is 0 Å². The molecule has 2 aromatic carbocycles. The van der Waals surface area contributed by atoms with Gasteiger partial charge in [-0.3, -0.25) is 9.69 Å². The second kappa shape index (κ2) is 8.33. The molecule has 1 saturated heterocycles. The topological polar surface area (TPSA) is 32.8 Å². The Hall–Kier alpha value is -2.37. The average molecular weight is 395 g/mol. The zero-order valence-electron chi connectivity index (χ0n) is 16.4. The number of carbonyl (C=O) groups excluding carboxylic acids is 1. The van der Waals surface area contributed by atoms with Crippen LogP contribution in [0.25, 0.3) is 10.8 Å². The van der Waals surface area contributed by atoms with E-state index in [4.69, 9.17) is 4.74 Å². The SMILES string of the molecule is COc1ccc2cc(CN(C)C(=O)CN3CCCC3c3cccs3)ccc2c1. The summed E-state index contributed by atoms with van der Waals surface area (Å²) < 4.78 is 5.29. The third-order valence-electron chi connectivity index (χ3n) is 5.53. The van der Waals surface area contributed by atoms with Crippen LogP contribution in [0.5, 0.6) is 5.75 Å². The molecule has 0 bridgehead atoms. The molecule has 0 spiro atoms. The minimum Gasteiger partial charge on any atom is -0.497 e. The normalized spacial score (nSPS) is 17.1. The second-order valence-electron chi connectivity index (χ2n) is 7.44. The molecule has 1 aliphatic heterocycles. The number of carbonyl (C=O) groups is 1. The fourth-order valence-corrected chi connectivity index (χ4v) is 4.87. The van der Waals surface area contributed by atoms with Gasteiger partial charge in [0.15, 0.2) is 0 Å². The van der Waals surface area contributed by atoms with Gasteiger partial charge in [-0.15, -0.1) is 11.3 Å². The van der Waals surface area contributed by atoms with Crippen molar-refractivity contribution < 1.29 is 9.53 Å². The van der Waals surface area contributed by atoms with E-state index in [1.807, 2.05) is 24.1 Å². The number of likely N-dealkylation sites (tertiary alicyclic amines) is 1. The van der Waals surface area contributed by atoms with E-state index in [2.05, 4.69) is 46.7 Å². The standard InChI is InChI=1S/C23H26N2O2S/c1-24(15-17-7-8-19-14-20(27-2)10-9-18(19)13-17)23(26)16-25-11-3-5-21(25)22-6-4-12-28-22/h4,6-10,12-14,21H,3,5,11,15-16H2,1-2H3. The van der Waals surface area contributed by atoms with Crippen molar-refractivity contribution in [2.75, 3.05) is 27.2 Å². The van der Waals surface area contributed by atoms with Crippen LogP contribution in [0.15, 0.2) is 53.9 Å². The predicted molar refractivity (Wildman–Crippen MR) is 115 cm³/mol. The third-order valence-corrected chi connectivity index (χ3v) is 6.50. The van der Waals surface area contributed by atoms with Crippen LogP contribution >= 0.6 is 11.3 Å². The molecule has 0 saturated carbocycles. The molecule has 146 valence electrons. The maximum atomic E-state index is 12.8. The molecule has 1 fully saturated rings. The van der Waals surface area contributed by atoms with Crippen LogP contribution in [0.2, 0.25) is 0 Å². The summed E-state index contributed by atoms with van der Waals surface area (Å²) in [7, 11) is 3.58. The van der Waals surface area contributed by atoms with Gasteiger partial charge < -0.3 is 9.64 Å². The molecule has 4 rings (SSSR count). The Bertz CT molecular complexity index is 954. The molecule has 3 aromatic rings. The summed E-state index contributed by atoms with van der Waals surface area (Å²) in [4.78, 5) is 18.4. The van der Waals surface area contributed by atoms with Gasteiger partial charge in [-0.2, -0.15) is 0 Å². The quantitative estimate of drug-likeness (QED) is 0.607. The fourth-order valence-electron chi connectivity index (χ4n) is 3.97. The Morgan fingerprint density at radius 3 is 2.82 bits per heavy atom. The lowest BCUT2D eigenvalue weighted by molar-refractivity contribution is -0.131. The average Bonchev–Trinajstić information content (AvgIpc) is 3.39. The molecule has 1 atom stereocenters. The first kappa shape index (κ1) is 19.0. The number of hydrogen-bond donors (Lipinski definition) is 0. The lowest BCUT2D eigenvalue weighted by Crippen LogP contribution is -2.37. The molecule has 0 N–H and O–H groups in total. The number of amides is 1. The van der Waals surface area contributed by atoms with E-state index in [-0.39, 0.29) is 5.91 Å². The highest BCUT2D eigenvalue weighted by Gasteiger charge is 2.28. The van der Waals surface area contributed by atoms with Gasteiger partial charge in [0, 0.05) is 24.5 Å². The number of thiophene rings is 1. The molecule has 0 aliphatic carbocycles. The predicted octanol–water partition coefficient (Wildman–Crippen LogP) is 4.71. The van der Waals surface area contributed by atoms with Crippen LogP contribution in [0.1, 0.15) is 29.3 Å². The minimum atomic E-state index is 0.179. The number of ether oxygens (including phenoxy) is 1. The van der Waals surface area contributed by atoms with Crippen molar-refractivity contribution in [2.24, 2.45) is 0 Å². The van der Waals surface area contributed by atoms with Gasteiger partial charge in [-0.25, -0.2) is 0 Å². The maximum Gasteiger partial charge on any atom is 0.236 e. The monoisotopic (exact) mass is 394 g/mol. The minimum absolute atomic E-state index is 0.179. The van der Waals surface area contributed by atoms with Crippen LogP contribution in [-0.4, -0.2) is 43.0 Å². The van der Waals surface area contributed by atoms with Crippen molar-refractivity contribution in [3.05, 3.63) is 64.4 Å². The number of methoxy groups -OCH3 is 1. The summed E-state index contributed by atoms with van der Waals surface area (Å²) in [6, 6.07) is 17.1. The molecular formula is C23H26N2O2S. The van der Waals surface area contributed by atoms with Gasteiger partial charge in [-0.1, -0.05) is 24.3 Å². The Kier molecular flexibility index (Phi) is 5.64. The van der Waals surface area contributed by atoms with Gasteiger partial charge in [0.2, 0.25) is 5.91 Å². The molecule has 28 heavy (non-hydrogen) atoms. The molecule has 4 nitrogen and oxygen atoms in total. The van der Waals surface area contributed by atoms with E-state index in [1.54, 1.807) is 18.4 Å². The van der Waals surface area contributed by atoms with Gasteiger partial charge in [0.05, 0.1) is 13.7 Å². The smallest absolute Gasteiger partial charge is 0.236 e. The fraction of sp³-hybridized carbons (Fsp3) is 0.348. The van der Waals surface area contributed by atoms with Gasteiger partial charge in [0.25, 0.3) is 0 Å². The lowest BCUT2D eigenvalue weighted by atomic mass is 10.1. The molecule has 1 unspecified atom stereocenters. The molecule has 1 aliphatic rings. The molecule has 0 radical (unpaired) electrons. The van der Waals surface area contributed by atoms with E-state index < -0.39 is 0 Å². The largest absolute Gasteiger partial charge is 0.497 e. The molecule has 2 heterocycles. The highest BCUT2D eigenvalue weighted by atomic mass is 32.1.